The van der Waals surface area contributed by atoms with Gasteiger partial charge in [0, 0.05) is 44.7 Å². The summed E-state index contributed by atoms with van der Waals surface area (Å²) in [6.45, 7) is 1.79. The molecule has 1 aliphatic heterocycles. The number of aromatic amines is 1. The van der Waals surface area contributed by atoms with E-state index in [4.69, 9.17) is 4.42 Å². The lowest BCUT2D eigenvalue weighted by atomic mass is 10.1. The fourth-order valence-electron chi connectivity index (χ4n) is 4.05. The lowest BCUT2D eigenvalue weighted by Crippen LogP contribution is -2.49. The summed E-state index contributed by atoms with van der Waals surface area (Å²) in [6, 6.07) is 13.1. The monoisotopic (exact) mass is 516 g/mol. The summed E-state index contributed by atoms with van der Waals surface area (Å²) in [4.78, 5) is 24.0. The Morgan fingerprint density at radius 1 is 1.03 bits per heavy atom. The number of nitrogens with zero attached hydrogens (tertiary/aromatic N) is 5. The summed E-state index contributed by atoms with van der Waals surface area (Å²) in [5.74, 6) is 1.38. The molecule has 36 heavy (non-hydrogen) atoms. The van der Waals surface area contributed by atoms with Crippen molar-refractivity contribution in [1.82, 2.24) is 25.1 Å². The number of para-hydroxylation sites is 2. The minimum absolute atomic E-state index is 0.0780. The van der Waals surface area contributed by atoms with Crippen LogP contribution in [0.4, 0.5) is 18.9 Å². The number of fused-ring (bicyclic) bond motifs is 1. The van der Waals surface area contributed by atoms with Crippen molar-refractivity contribution in [2.45, 2.75) is 24.2 Å². The van der Waals surface area contributed by atoms with Crippen LogP contribution < -0.4 is 4.90 Å². The van der Waals surface area contributed by atoms with Gasteiger partial charge in [0.1, 0.15) is 5.82 Å². The number of piperazine rings is 1. The molecule has 4 aromatic rings. The van der Waals surface area contributed by atoms with Gasteiger partial charge >= 0.3 is 6.18 Å². The number of hydrogen-bond donors (Lipinski definition) is 1. The van der Waals surface area contributed by atoms with Gasteiger partial charge in [0.2, 0.25) is 11.8 Å². The maximum atomic E-state index is 13.0. The molecule has 188 valence electrons. The Hall–Kier alpha value is -3.54. The second-order valence-electron chi connectivity index (χ2n) is 8.37. The highest BCUT2D eigenvalue weighted by Crippen LogP contribution is 2.32. The van der Waals surface area contributed by atoms with Gasteiger partial charge in [-0.25, -0.2) is 4.98 Å². The number of aromatic nitrogens is 4. The molecule has 0 aliphatic carbocycles. The second-order valence-corrected chi connectivity index (χ2v) is 9.29. The van der Waals surface area contributed by atoms with Gasteiger partial charge in [-0.15, -0.1) is 10.2 Å². The predicted octanol–water partition coefficient (Wildman–Crippen LogP) is 4.19. The molecule has 0 unspecified atom stereocenters. The Morgan fingerprint density at radius 2 is 1.83 bits per heavy atom. The first kappa shape index (κ1) is 24.2. The highest BCUT2D eigenvalue weighted by atomic mass is 32.2. The van der Waals surface area contributed by atoms with Crippen molar-refractivity contribution in [3.05, 3.63) is 65.8 Å². The molecule has 1 saturated heterocycles. The van der Waals surface area contributed by atoms with Gasteiger partial charge in [-0.1, -0.05) is 30.0 Å². The molecule has 1 N–H and O–H groups in total. The summed E-state index contributed by atoms with van der Waals surface area (Å²) in [5, 5.41) is 8.39. The van der Waals surface area contributed by atoms with Crippen LogP contribution in [0.15, 0.2) is 58.2 Å². The molecule has 0 saturated carbocycles. The molecule has 8 nitrogen and oxygen atoms in total. The molecule has 2 aromatic heterocycles. The first-order chi connectivity index (χ1) is 17.3. The number of thioether (sulfide) groups is 1. The number of carbonyl (C=O) groups is 1. The first-order valence-electron chi connectivity index (χ1n) is 11.4. The number of amides is 1. The van der Waals surface area contributed by atoms with E-state index in [0.717, 1.165) is 29.0 Å². The van der Waals surface area contributed by atoms with Gasteiger partial charge in [0.15, 0.2) is 0 Å². The Kier molecular flexibility index (Phi) is 6.86. The average molecular weight is 517 g/mol. The number of benzene rings is 2. The molecule has 12 heteroatoms. The first-order valence-corrected chi connectivity index (χ1v) is 12.4. The summed E-state index contributed by atoms with van der Waals surface area (Å²) in [5.41, 5.74) is 1.71. The molecule has 1 amide bonds. The van der Waals surface area contributed by atoms with E-state index in [1.807, 2.05) is 29.2 Å². The van der Waals surface area contributed by atoms with E-state index in [9.17, 15) is 18.0 Å². The van der Waals surface area contributed by atoms with Crippen LogP contribution in [0.25, 0.3) is 11.0 Å². The number of rotatable bonds is 7. The molecule has 0 radical (unpaired) electrons. The number of anilines is 1. The van der Waals surface area contributed by atoms with E-state index in [-0.39, 0.29) is 11.7 Å². The molecule has 0 atom stereocenters. The normalized spacial score (nSPS) is 14.5. The Morgan fingerprint density at radius 3 is 2.61 bits per heavy atom. The van der Waals surface area contributed by atoms with Gasteiger partial charge in [-0.2, -0.15) is 13.2 Å². The van der Waals surface area contributed by atoms with E-state index in [0.29, 0.717) is 55.8 Å². The molecule has 5 rings (SSSR count). The van der Waals surface area contributed by atoms with Crippen molar-refractivity contribution in [3.63, 3.8) is 0 Å². The lowest BCUT2D eigenvalue weighted by molar-refractivity contribution is -0.137. The predicted molar refractivity (Wildman–Crippen MR) is 129 cm³/mol. The molecule has 3 heterocycles. The summed E-state index contributed by atoms with van der Waals surface area (Å²) < 4.78 is 44.6. The van der Waals surface area contributed by atoms with Crippen molar-refractivity contribution in [3.8, 4) is 0 Å². The van der Waals surface area contributed by atoms with E-state index >= 15 is 0 Å². The fraction of sp³-hybridized carbons (Fsp3) is 0.333. The van der Waals surface area contributed by atoms with Gasteiger partial charge in [-0.05, 0) is 30.3 Å². The summed E-state index contributed by atoms with van der Waals surface area (Å²) in [6.07, 6.45) is -3.23. The summed E-state index contributed by atoms with van der Waals surface area (Å²) in [7, 11) is 0. The molecule has 2 aromatic carbocycles. The Bertz CT molecular complexity index is 1310. The standard InChI is InChI=1S/C24H23F3N6O2S/c25-24(26,27)16-4-3-5-17(14-16)32-10-12-33(13-11-32)22(34)15-36-23-31-30-21(35-23)9-8-20-28-18-6-1-2-7-19(18)29-20/h1-7,14H,8-13,15H2,(H,28,29). The lowest BCUT2D eigenvalue weighted by Gasteiger charge is -2.36. The zero-order valence-electron chi connectivity index (χ0n) is 19.2. The highest BCUT2D eigenvalue weighted by Gasteiger charge is 2.31. The van der Waals surface area contributed by atoms with Gasteiger partial charge < -0.3 is 19.2 Å². The average Bonchev–Trinajstić information content (AvgIpc) is 3.52. The smallest absolute Gasteiger partial charge is 0.416 e. The second kappa shape index (κ2) is 10.2. The van der Waals surface area contributed by atoms with Crippen LogP contribution in [0, 0.1) is 0 Å². The molecule has 0 bridgehead atoms. The minimum atomic E-state index is -4.38. The molecular weight excluding hydrogens is 493 g/mol. The number of imidazole rings is 1. The van der Waals surface area contributed by atoms with Crippen LogP contribution >= 0.6 is 11.8 Å². The number of hydrogen-bond acceptors (Lipinski definition) is 7. The maximum Gasteiger partial charge on any atom is 0.416 e. The van der Waals surface area contributed by atoms with Crippen molar-refractivity contribution in [2.24, 2.45) is 0 Å². The topological polar surface area (TPSA) is 91.1 Å². The van der Waals surface area contributed by atoms with Crippen LogP contribution in [0.5, 0.6) is 0 Å². The van der Waals surface area contributed by atoms with Crippen LogP contribution in [0.3, 0.4) is 0 Å². The zero-order valence-corrected chi connectivity index (χ0v) is 20.0. The number of nitrogens with one attached hydrogen (secondary N) is 1. The quantitative estimate of drug-likeness (QED) is 0.368. The van der Waals surface area contributed by atoms with E-state index < -0.39 is 11.7 Å². The number of carbonyl (C=O) groups excluding carboxylic acids is 1. The van der Waals surface area contributed by atoms with Crippen LogP contribution in [0.1, 0.15) is 17.3 Å². The molecule has 1 aliphatic rings. The maximum absolute atomic E-state index is 13.0. The van der Waals surface area contributed by atoms with Crippen LogP contribution in [-0.4, -0.2) is 62.9 Å². The number of alkyl halides is 3. The van der Waals surface area contributed by atoms with Crippen LogP contribution in [-0.2, 0) is 23.8 Å². The number of halogens is 3. The molecule has 1 fully saturated rings. The summed E-state index contributed by atoms with van der Waals surface area (Å²) >= 11 is 1.18. The van der Waals surface area contributed by atoms with Crippen molar-refractivity contribution < 1.29 is 22.4 Å². The van der Waals surface area contributed by atoms with Crippen LogP contribution in [0.2, 0.25) is 0 Å². The number of aryl methyl sites for hydroxylation is 2. The third kappa shape index (κ3) is 5.64. The van der Waals surface area contributed by atoms with Crippen molar-refractivity contribution >= 4 is 34.4 Å². The highest BCUT2D eigenvalue weighted by molar-refractivity contribution is 7.99. The van der Waals surface area contributed by atoms with E-state index in [2.05, 4.69) is 20.2 Å². The fourth-order valence-corrected chi connectivity index (χ4v) is 4.74. The zero-order chi connectivity index (χ0) is 25.1. The molecular formula is C24H23F3N6O2S. The minimum Gasteiger partial charge on any atom is -0.416 e. The number of H-pyrrole nitrogens is 1. The van der Waals surface area contributed by atoms with Gasteiger partial charge in [-0.3, -0.25) is 4.79 Å². The van der Waals surface area contributed by atoms with E-state index in [1.54, 1.807) is 11.0 Å². The van der Waals surface area contributed by atoms with Crippen molar-refractivity contribution in [1.29, 1.82) is 0 Å². The van der Waals surface area contributed by atoms with Crippen molar-refractivity contribution in [2.75, 3.05) is 36.8 Å². The third-order valence-electron chi connectivity index (χ3n) is 5.95. The Labute approximate surface area is 208 Å². The van der Waals surface area contributed by atoms with Gasteiger partial charge in [0.05, 0.1) is 22.3 Å². The molecule has 0 spiro atoms. The largest absolute Gasteiger partial charge is 0.416 e. The van der Waals surface area contributed by atoms with Gasteiger partial charge in [0.25, 0.3) is 5.22 Å². The van der Waals surface area contributed by atoms with E-state index in [1.165, 1.54) is 17.8 Å². The third-order valence-corrected chi connectivity index (χ3v) is 6.76. The Balaban J connectivity index is 1.08. The SMILES string of the molecule is O=C(CSc1nnc(CCc2nc3ccccc3[nH]2)o1)N1CCN(c2cccc(C(F)(F)F)c2)CC1.